The predicted molar refractivity (Wildman–Crippen MR) is 67.5 cm³/mol. The molecule has 21 heavy (non-hydrogen) atoms. The Kier molecular flexibility index (Phi) is 3.12. The molecule has 1 aliphatic heterocycles. The molecule has 0 fully saturated rings. The molecule has 0 amide bonds. The van der Waals surface area contributed by atoms with E-state index in [1.807, 2.05) is 0 Å². The van der Waals surface area contributed by atoms with Gasteiger partial charge in [0.05, 0.1) is 12.7 Å². The van der Waals surface area contributed by atoms with Gasteiger partial charge in [0.2, 0.25) is 11.8 Å². The highest BCUT2D eigenvalue weighted by Gasteiger charge is 2.39. The normalized spacial score (nSPS) is 15.1. The number of aromatic nitrogens is 5. The molecule has 0 aromatic carbocycles. The van der Waals surface area contributed by atoms with Gasteiger partial charge >= 0.3 is 6.18 Å². The summed E-state index contributed by atoms with van der Waals surface area (Å²) in [6, 6.07) is 0. The first-order chi connectivity index (χ1) is 9.86. The zero-order valence-corrected chi connectivity index (χ0v) is 11.2. The highest BCUT2D eigenvalue weighted by Crippen LogP contribution is 2.31. The number of rotatable bonds is 1. The molecular weight excluding hydrogens is 311 g/mol. The topological polar surface area (TPSA) is 85.8 Å². The van der Waals surface area contributed by atoms with E-state index in [4.69, 9.17) is 17.3 Å². The molecule has 0 radical (unpaired) electrons. The van der Waals surface area contributed by atoms with Gasteiger partial charge in [0.25, 0.3) is 0 Å². The van der Waals surface area contributed by atoms with Gasteiger partial charge in [0.15, 0.2) is 11.6 Å². The Labute approximate surface area is 121 Å². The van der Waals surface area contributed by atoms with Crippen molar-refractivity contribution >= 4 is 23.4 Å². The van der Waals surface area contributed by atoms with E-state index in [-0.39, 0.29) is 36.4 Å². The van der Waals surface area contributed by atoms with Gasteiger partial charge in [-0.2, -0.15) is 18.2 Å². The Hall–Kier alpha value is -2.10. The summed E-state index contributed by atoms with van der Waals surface area (Å²) in [6.07, 6.45) is -3.18. The van der Waals surface area contributed by atoms with E-state index in [9.17, 15) is 13.2 Å². The summed E-state index contributed by atoms with van der Waals surface area (Å²) in [6.45, 7) is 0.473. The average molecular weight is 320 g/mol. The largest absolute Gasteiger partial charge is 0.451 e. The Bertz CT molecular complexity index is 684. The van der Waals surface area contributed by atoms with Crippen LogP contribution in [0.4, 0.5) is 24.9 Å². The molecule has 0 aliphatic carbocycles. The summed E-state index contributed by atoms with van der Waals surface area (Å²) in [4.78, 5) is 9.43. The molecule has 0 spiro atoms. The standard InChI is InChI=1S/C10H9ClF3N7/c11-5-3-16-9(15)17-7(5)20-1-2-21-6(4-20)18-19-8(21)10(12,13)14/h3H,1-2,4H2,(H2,15,16,17). The minimum atomic E-state index is -4.52. The van der Waals surface area contributed by atoms with E-state index in [1.165, 1.54) is 6.20 Å². The van der Waals surface area contributed by atoms with Crippen LogP contribution in [0.25, 0.3) is 0 Å². The zero-order valence-electron chi connectivity index (χ0n) is 10.5. The van der Waals surface area contributed by atoms with Crippen LogP contribution in [-0.4, -0.2) is 31.3 Å². The summed E-state index contributed by atoms with van der Waals surface area (Å²) < 4.78 is 39.3. The predicted octanol–water partition coefficient (Wildman–Crippen LogP) is 1.34. The summed E-state index contributed by atoms with van der Waals surface area (Å²) in [5, 5.41) is 7.06. The summed E-state index contributed by atoms with van der Waals surface area (Å²) in [5.74, 6) is -0.392. The highest BCUT2D eigenvalue weighted by molar-refractivity contribution is 6.32. The molecule has 112 valence electrons. The number of hydrogen-bond acceptors (Lipinski definition) is 6. The van der Waals surface area contributed by atoms with E-state index in [0.29, 0.717) is 5.82 Å². The van der Waals surface area contributed by atoms with Crippen LogP contribution in [-0.2, 0) is 19.3 Å². The van der Waals surface area contributed by atoms with E-state index in [0.717, 1.165) is 4.57 Å². The second kappa shape index (κ2) is 4.72. The number of anilines is 2. The van der Waals surface area contributed by atoms with Crippen LogP contribution in [0.3, 0.4) is 0 Å². The van der Waals surface area contributed by atoms with E-state index in [2.05, 4.69) is 20.2 Å². The Morgan fingerprint density at radius 3 is 2.71 bits per heavy atom. The fourth-order valence-corrected chi connectivity index (χ4v) is 2.35. The molecule has 0 bridgehead atoms. The minimum Gasteiger partial charge on any atom is -0.368 e. The lowest BCUT2D eigenvalue weighted by atomic mass is 10.3. The van der Waals surface area contributed by atoms with Crippen molar-refractivity contribution in [1.29, 1.82) is 0 Å². The first-order valence-corrected chi connectivity index (χ1v) is 6.26. The van der Waals surface area contributed by atoms with Gasteiger partial charge in [-0.25, -0.2) is 4.98 Å². The first-order valence-electron chi connectivity index (χ1n) is 5.88. The number of fused-ring (bicyclic) bond motifs is 1. The maximum absolute atomic E-state index is 12.8. The minimum absolute atomic E-state index is 0.0393. The second-order valence-corrected chi connectivity index (χ2v) is 4.82. The number of nitrogen functional groups attached to an aromatic ring is 1. The Balaban J connectivity index is 1.92. The Morgan fingerprint density at radius 1 is 1.24 bits per heavy atom. The van der Waals surface area contributed by atoms with Gasteiger partial charge in [-0.1, -0.05) is 11.6 Å². The number of nitrogens with two attached hydrogens (primary N) is 1. The molecule has 1 aliphatic rings. The lowest BCUT2D eigenvalue weighted by Crippen LogP contribution is -2.36. The lowest BCUT2D eigenvalue weighted by molar-refractivity contribution is -0.147. The van der Waals surface area contributed by atoms with Gasteiger partial charge in [0.1, 0.15) is 5.02 Å². The van der Waals surface area contributed by atoms with Crippen molar-refractivity contribution in [2.75, 3.05) is 17.2 Å². The first kappa shape index (κ1) is 13.9. The molecule has 3 rings (SSSR count). The molecule has 7 nitrogen and oxygen atoms in total. The SMILES string of the molecule is Nc1ncc(Cl)c(N2CCn3c(nnc3C(F)(F)F)C2)n1. The maximum Gasteiger partial charge on any atom is 0.451 e. The van der Waals surface area contributed by atoms with E-state index in [1.54, 1.807) is 4.90 Å². The molecule has 0 saturated heterocycles. The van der Waals surface area contributed by atoms with Crippen LogP contribution in [0.5, 0.6) is 0 Å². The monoisotopic (exact) mass is 319 g/mol. The quantitative estimate of drug-likeness (QED) is 0.853. The molecule has 11 heteroatoms. The van der Waals surface area contributed by atoms with Crippen molar-refractivity contribution in [3.63, 3.8) is 0 Å². The molecule has 2 aromatic rings. The van der Waals surface area contributed by atoms with Gasteiger partial charge in [0, 0.05) is 13.1 Å². The molecule has 0 saturated carbocycles. The fourth-order valence-electron chi connectivity index (χ4n) is 2.14. The highest BCUT2D eigenvalue weighted by atomic mass is 35.5. The van der Waals surface area contributed by atoms with Crippen molar-refractivity contribution in [2.45, 2.75) is 19.3 Å². The molecule has 0 atom stereocenters. The number of halogens is 4. The van der Waals surface area contributed by atoms with Crippen LogP contribution in [0.1, 0.15) is 11.6 Å². The Morgan fingerprint density at radius 2 is 2.00 bits per heavy atom. The molecule has 2 aromatic heterocycles. The van der Waals surface area contributed by atoms with Crippen LogP contribution in [0.2, 0.25) is 5.02 Å². The average Bonchev–Trinajstić information content (AvgIpc) is 2.84. The van der Waals surface area contributed by atoms with Gasteiger partial charge in [-0.15, -0.1) is 10.2 Å². The summed E-state index contributed by atoms with van der Waals surface area (Å²) in [7, 11) is 0. The maximum atomic E-state index is 12.8. The zero-order chi connectivity index (χ0) is 15.2. The third kappa shape index (κ3) is 2.46. The smallest absolute Gasteiger partial charge is 0.368 e. The van der Waals surface area contributed by atoms with Crippen molar-refractivity contribution in [2.24, 2.45) is 0 Å². The summed E-state index contributed by atoms with van der Waals surface area (Å²) in [5.41, 5.74) is 5.50. The molecule has 0 unspecified atom stereocenters. The number of alkyl halides is 3. The van der Waals surface area contributed by atoms with Crippen molar-refractivity contribution in [1.82, 2.24) is 24.7 Å². The van der Waals surface area contributed by atoms with Crippen LogP contribution < -0.4 is 10.6 Å². The van der Waals surface area contributed by atoms with Crippen molar-refractivity contribution in [3.05, 3.63) is 22.9 Å². The third-order valence-electron chi connectivity index (χ3n) is 3.05. The van der Waals surface area contributed by atoms with Gasteiger partial charge in [-0.3, -0.25) is 0 Å². The molecule has 3 heterocycles. The van der Waals surface area contributed by atoms with Crippen molar-refractivity contribution < 1.29 is 13.2 Å². The van der Waals surface area contributed by atoms with Crippen molar-refractivity contribution in [3.8, 4) is 0 Å². The third-order valence-corrected chi connectivity index (χ3v) is 3.32. The van der Waals surface area contributed by atoms with Crippen LogP contribution in [0, 0.1) is 0 Å². The van der Waals surface area contributed by atoms with E-state index >= 15 is 0 Å². The summed E-state index contributed by atoms with van der Waals surface area (Å²) >= 11 is 5.99. The van der Waals surface area contributed by atoms with Crippen LogP contribution >= 0.6 is 11.6 Å². The number of nitrogens with zero attached hydrogens (tertiary/aromatic N) is 6. The molecular formula is C10H9ClF3N7. The molecule has 2 N–H and O–H groups in total. The van der Waals surface area contributed by atoms with E-state index < -0.39 is 12.0 Å². The van der Waals surface area contributed by atoms with Crippen LogP contribution in [0.15, 0.2) is 6.20 Å². The van der Waals surface area contributed by atoms with Gasteiger partial charge in [-0.05, 0) is 0 Å². The fraction of sp³-hybridized carbons (Fsp3) is 0.400. The number of hydrogen-bond donors (Lipinski definition) is 1. The van der Waals surface area contributed by atoms with Gasteiger partial charge < -0.3 is 15.2 Å². The second-order valence-electron chi connectivity index (χ2n) is 4.41. The lowest BCUT2D eigenvalue weighted by Gasteiger charge is -2.29.